The fourth-order valence-electron chi connectivity index (χ4n) is 2.16. The SMILES string of the molecule is CCS(=O)(=O)c1ccccc1C(=O)O[C@@H](C)C(=O)Nc1ccc(F)cc1F. The van der Waals surface area contributed by atoms with Crippen molar-refractivity contribution in [3.8, 4) is 0 Å². The maximum Gasteiger partial charge on any atom is 0.340 e. The summed E-state index contributed by atoms with van der Waals surface area (Å²) in [6, 6.07) is 8.06. The minimum Gasteiger partial charge on any atom is -0.449 e. The Morgan fingerprint density at radius 1 is 1.15 bits per heavy atom. The van der Waals surface area contributed by atoms with E-state index in [1.165, 1.54) is 38.1 Å². The lowest BCUT2D eigenvalue weighted by atomic mass is 10.2. The first-order valence-corrected chi connectivity index (χ1v) is 9.59. The number of anilines is 1. The van der Waals surface area contributed by atoms with Crippen molar-refractivity contribution < 1.29 is 31.5 Å². The van der Waals surface area contributed by atoms with Crippen LogP contribution in [0.1, 0.15) is 24.2 Å². The van der Waals surface area contributed by atoms with Gasteiger partial charge in [0.2, 0.25) is 0 Å². The molecule has 2 aromatic rings. The summed E-state index contributed by atoms with van der Waals surface area (Å²) < 4.78 is 55.7. The fraction of sp³-hybridized carbons (Fsp3) is 0.222. The Morgan fingerprint density at radius 3 is 2.44 bits per heavy atom. The van der Waals surface area contributed by atoms with Crippen molar-refractivity contribution >= 4 is 27.4 Å². The standard InChI is InChI=1S/C18H17F2NO5S/c1-3-27(24,25)16-7-5-4-6-13(16)18(23)26-11(2)17(22)21-15-9-8-12(19)10-14(15)20/h4-11H,3H2,1-2H3,(H,21,22)/t11-/m0/s1. The van der Waals surface area contributed by atoms with Gasteiger partial charge in [0.05, 0.1) is 21.9 Å². The summed E-state index contributed by atoms with van der Waals surface area (Å²) in [5.74, 6) is -3.87. The molecule has 2 aromatic carbocycles. The second-order valence-corrected chi connectivity index (χ2v) is 7.81. The first-order valence-electron chi connectivity index (χ1n) is 7.94. The van der Waals surface area contributed by atoms with Crippen LogP contribution in [0, 0.1) is 11.6 Å². The highest BCUT2D eigenvalue weighted by Crippen LogP contribution is 2.19. The van der Waals surface area contributed by atoms with Crippen LogP contribution < -0.4 is 5.32 Å². The Bertz CT molecular complexity index is 975. The maximum absolute atomic E-state index is 13.6. The smallest absolute Gasteiger partial charge is 0.340 e. The molecule has 0 aromatic heterocycles. The molecule has 1 atom stereocenters. The molecule has 0 radical (unpaired) electrons. The van der Waals surface area contributed by atoms with Gasteiger partial charge in [0.1, 0.15) is 11.6 Å². The van der Waals surface area contributed by atoms with Gasteiger partial charge in [-0.1, -0.05) is 19.1 Å². The Hall–Kier alpha value is -2.81. The van der Waals surface area contributed by atoms with Crippen LogP contribution in [0.2, 0.25) is 0 Å². The number of carbonyl (C=O) groups excluding carboxylic acids is 2. The zero-order chi connectivity index (χ0) is 20.2. The van der Waals surface area contributed by atoms with E-state index in [0.717, 1.165) is 12.1 Å². The molecular formula is C18H17F2NO5S. The van der Waals surface area contributed by atoms with Crippen LogP contribution >= 0.6 is 0 Å². The van der Waals surface area contributed by atoms with E-state index in [-0.39, 0.29) is 21.9 Å². The molecule has 9 heteroatoms. The molecule has 6 nitrogen and oxygen atoms in total. The normalized spacial score (nSPS) is 12.3. The van der Waals surface area contributed by atoms with Gasteiger partial charge < -0.3 is 10.1 Å². The van der Waals surface area contributed by atoms with E-state index in [4.69, 9.17) is 4.74 Å². The van der Waals surface area contributed by atoms with Gasteiger partial charge in [0, 0.05) is 6.07 Å². The summed E-state index contributed by atoms with van der Waals surface area (Å²) in [4.78, 5) is 24.2. The topological polar surface area (TPSA) is 89.5 Å². The first kappa shape index (κ1) is 20.5. The lowest BCUT2D eigenvalue weighted by Crippen LogP contribution is -2.30. The van der Waals surface area contributed by atoms with Crippen molar-refractivity contribution in [3.05, 3.63) is 59.7 Å². The van der Waals surface area contributed by atoms with Gasteiger partial charge in [-0.15, -0.1) is 0 Å². The molecule has 0 fully saturated rings. The van der Waals surface area contributed by atoms with Crippen LogP contribution in [0.3, 0.4) is 0 Å². The number of hydrogen-bond donors (Lipinski definition) is 1. The minimum absolute atomic E-state index is 0.199. The molecule has 0 aliphatic rings. The predicted molar refractivity (Wildman–Crippen MR) is 94.0 cm³/mol. The number of carbonyl (C=O) groups is 2. The third-order valence-electron chi connectivity index (χ3n) is 3.66. The van der Waals surface area contributed by atoms with E-state index < -0.39 is 39.5 Å². The summed E-state index contributed by atoms with van der Waals surface area (Å²) in [6.45, 7) is 2.68. The Labute approximate surface area is 155 Å². The average molecular weight is 397 g/mol. The molecule has 0 saturated carbocycles. The Balaban J connectivity index is 2.15. The highest BCUT2D eigenvalue weighted by Gasteiger charge is 2.25. The molecule has 144 valence electrons. The van der Waals surface area contributed by atoms with E-state index in [1.54, 1.807) is 0 Å². The first-order chi connectivity index (χ1) is 12.7. The molecule has 0 heterocycles. The molecule has 0 spiro atoms. The van der Waals surface area contributed by atoms with Crippen LogP contribution in [-0.4, -0.2) is 32.2 Å². The number of hydrogen-bond acceptors (Lipinski definition) is 5. The number of nitrogens with one attached hydrogen (secondary N) is 1. The zero-order valence-corrected chi connectivity index (χ0v) is 15.3. The van der Waals surface area contributed by atoms with Gasteiger partial charge in [0.25, 0.3) is 5.91 Å². The van der Waals surface area contributed by atoms with Crippen LogP contribution in [0.4, 0.5) is 14.5 Å². The van der Waals surface area contributed by atoms with Crippen molar-refractivity contribution in [2.24, 2.45) is 0 Å². The number of amides is 1. The van der Waals surface area contributed by atoms with E-state index in [9.17, 15) is 26.8 Å². The molecule has 1 amide bonds. The van der Waals surface area contributed by atoms with Crippen LogP contribution in [-0.2, 0) is 19.4 Å². The monoisotopic (exact) mass is 397 g/mol. The van der Waals surface area contributed by atoms with Gasteiger partial charge in [0.15, 0.2) is 15.9 Å². The van der Waals surface area contributed by atoms with E-state index >= 15 is 0 Å². The van der Waals surface area contributed by atoms with Crippen LogP contribution in [0.25, 0.3) is 0 Å². The lowest BCUT2D eigenvalue weighted by molar-refractivity contribution is -0.123. The summed E-state index contributed by atoms with van der Waals surface area (Å²) >= 11 is 0. The number of sulfone groups is 1. The second-order valence-electron chi connectivity index (χ2n) is 5.56. The molecule has 0 aliphatic carbocycles. The van der Waals surface area contributed by atoms with Crippen LogP contribution in [0.15, 0.2) is 47.4 Å². The van der Waals surface area contributed by atoms with E-state index in [2.05, 4.69) is 5.32 Å². The number of ether oxygens (including phenoxy) is 1. The van der Waals surface area contributed by atoms with Gasteiger partial charge in [-0.05, 0) is 31.2 Å². The van der Waals surface area contributed by atoms with E-state index in [0.29, 0.717) is 6.07 Å². The number of benzene rings is 2. The van der Waals surface area contributed by atoms with Gasteiger partial charge in [-0.3, -0.25) is 4.79 Å². The molecule has 0 saturated heterocycles. The molecule has 1 N–H and O–H groups in total. The molecule has 27 heavy (non-hydrogen) atoms. The van der Waals surface area contributed by atoms with Crippen molar-refractivity contribution in [1.82, 2.24) is 0 Å². The maximum atomic E-state index is 13.6. The molecular weight excluding hydrogens is 380 g/mol. The molecule has 0 unspecified atom stereocenters. The number of rotatable bonds is 6. The third kappa shape index (κ3) is 4.88. The largest absolute Gasteiger partial charge is 0.449 e. The average Bonchev–Trinajstić information content (AvgIpc) is 2.63. The zero-order valence-electron chi connectivity index (χ0n) is 14.5. The lowest BCUT2D eigenvalue weighted by Gasteiger charge is -2.15. The summed E-state index contributed by atoms with van der Waals surface area (Å²) in [7, 11) is -3.67. The number of halogens is 2. The minimum atomic E-state index is -3.67. The summed E-state index contributed by atoms with van der Waals surface area (Å²) in [6.07, 6.45) is -1.35. The summed E-state index contributed by atoms with van der Waals surface area (Å²) in [5, 5.41) is 2.17. The summed E-state index contributed by atoms with van der Waals surface area (Å²) in [5.41, 5.74) is -0.481. The molecule has 2 rings (SSSR count). The predicted octanol–water partition coefficient (Wildman–Crippen LogP) is 2.94. The van der Waals surface area contributed by atoms with Crippen LogP contribution in [0.5, 0.6) is 0 Å². The highest BCUT2D eigenvalue weighted by molar-refractivity contribution is 7.91. The Kier molecular flexibility index (Phi) is 6.27. The highest BCUT2D eigenvalue weighted by atomic mass is 32.2. The van der Waals surface area contributed by atoms with Gasteiger partial charge in [-0.2, -0.15) is 0 Å². The van der Waals surface area contributed by atoms with Gasteiger partial charge >= 0.3 is 5.97 Å². The Morgan fingerprint density at radius 2 is 1.81 bits per heavy atom. The molecule has 0 bridgehead atoms. The molecule has 0 aliphatic heterocycles. The fourth-order valence-corrected chi connectivity index (χ4v) is 3.25. The number of esters is 1. The van der Waals surface area contributed by atoms with Crippen molar-refractivity contribution in [1.29, 1.82) is 0 Å². The van der Waals surface area contributed by atoms with Crippen molar-refractivity contribution in [2.45, 2.75) is 24.8 Å². The van der Waals surface area contributed by atoms with Crippen molar-refractivity contribution in [2.75, 3.05) is 11.1 Å². The quantitative estimate of drug-likeness (QED) is 0.757. The third-order valence-corrected chi connectivity index (χ3v) is 5.45. The second kappa shape index (κ2) is 8.26. The van der Waals surface area contributed by atoms with E-state index in [1.807, 2.05) is 0 Å². The van der Waals surface area contributed by atoms with Crippen molar-refractivity contribution in [3.63, 3.8) is 0 Å². The van der Waals surface area contributed by atoms with Gasteiger partial charge in [-0.25, -0.2) is 22.0 Å².